The highest BCUT2D eigenvalue weighted by atomic mass is 16.5. The Hall–Kier alpha value is -1.96. The molecule has 0 spiro atoms. The Morgan fingerprint density at radius 3 is 1.79 bits per heavy atom. The Kier molecular flexibility index (Phi) is 11.4. The molecule has 0 unspecified atom stereocenters. The smallest absolute Gasteiger partial charge is 0.122 e. The summed E-state index contributed by atoms with van der Waals surface area (Å²) < 4.78 is 10.3. The molecule has 0 aliphatic carbocycles. The lowest BCUT2D eigenvalue weighted by atomic mass is 10.0. The van der Waals surface area contributed by atoms with Gasteiger partial charge in [-0.2, -0.15) is 0 Å². The first-order chi connectivity index (χ1) is 11.5. The van der Waals surface area contributed by atoms with E-state index in [2.05, 4.69) is 45.9 Å². The minimum Gasteiger partial charge on any atom is -0.497 e. The van der Waals surface area contributed by atoms with Gasteiger partial charge in [0.2, 0.25) is 0 Å². The van der Waals surface area contributed by atoms with Gasteiger partial charge in [-0.15, -0.1) is 0 Å². The molecule has 2 aromatic rings. The Bertz CT molecular complexity index is 559. The normalized spacial score (nSPS) is 9.58. The van der Waals surface area contributed by atoms with Crippen LogP contribution in [-0.4, -0.2) is 14.2 Å². The average molecular weight is 331 g/mol. The van der Waals surface area contributed by atoms with Crippen LogP contribution in [0.5, 0.6) is 11.5 Å². The Balaban J connectivity index is 0.000000400. The average Bonchev–Trinajstić information content (AvgIpc) is 2.63. The fourth-order valence-electron chi connectivity index (χ4n) is 2.14. The van der Waals surface area contributed by atoms with E-state index in [0.717, 1.165) is 11.5 Å². The summed E-state index contributed by atoms with van der Waals surface area (Å²) >= 11 is 0. The lowest BCUT2D eigenvalue weighted by molar-refractivity contribution is 0.407. The van der Waals surface area contributed by atoms with E-state index in [-0.39, 0.29) is 0 Å². The van der Waals surface area contributed by atoms with Crippen molar-refractivity contribution in [2.45, 2.75) is 53.4 Å². The summed E-state index contributed by atoms with van der Waals surface area (Å²) in [5.41, 5.74) is 2.60. The van der Waals surface area contributed by atoms with Crippen molar-refractivity contribution < 1.29 is 9.47 Å². The van der Waals surface area contributed by atoms with Crippen LogP contribution < -0.4 is 9.47 Å². The first-order valence-electron chi connectivity index (χ1n) is 8.76. The Morgan fingerprint density at radius 2 is 1.33 bits per heavy atom. The zero-order chi connectivity index (χ0) is 18.5. The summed E-state index contributed by atoms with van der Waals surface area (Å²) in [6.45, 7) is 12.7. The fourth-order valence-corrected chi connectivity index (χ4v) is 2.14. The second kappa shape index (κ2) is 12.5. The topological polar surface area (TPSA) is 18.5 Å². The van der Waals surface area contributed by atoms with Crippen LogP contribution in [0, 0.1) is 0 Å². The predicted molar refractivity (Wildman–Crippen MR) is 106 cm³/mol. The number of benzene rings is 2. The van der Waals surface area contributed by atoms with Crippen LogP contribution in [0.1, 0.15) is 64.5 Å². The zero-order valence-corrected chi connectivity index (χ0v) is 16.6. The van der Waals surface area contributed by atoms with Crippen molar-refractivity contribution in [2.24, 2.45) is 0 Å². The molecule has 2 heteroatoms. The zero-order valence-electron chi connectivity index (χ0n) is 16.6. The number of hydrogen-bond acceptors (Lipinski definition) is 2. The number of hydrogen-bond donors (Lipinski definition) is 0. The van der Waals surface area contributed by atoms with Crippen LogP contribution in [-0.2, 0) is 0 Å². The molecule has 2 nitrogen and oxygen atoms in total. The van der Waals surface area contributed by atoms with Gasteiger partial charge < -0.3 is 9.47 Å². The quantitative estimate of drug-likeness (QED) is 0.623. The third-order valence-corrected chi connectivity index (χ3v) is 3.52. The van der Waals surface area contributed by atoms with Gasteiger partial charge in [-0.05, 0) is 41.2 Å². The summed E-state index contributed by atoms with van der Waals surface area (Å²) in [5, 5.41) is 0. The van der Waals surface area contributed by atoms with Gasteiger partial charge >= 0.3 is 0 Å². The molecule has 0 radical (unpaired) electrons. The molecule has 0 heterocycles. The molecule has 0 N–H and O–H groups in total. The van der Waals surface area contributed by atoms with E-state index in [9.17, 15) is 0 Å². The van der Waals surface area contributed by atoms with E-state index in [1.165, 1.54) is 11.1 Å². The number of rotatable bonds is 4. The largest absolute Gasteiger partial charge is 0.497 e. The van der Waals surface area contributed by atoms with Crippen molar-refractivity contribution in [3.8, 4) is 11.5 Å². The first kappa shape index (κ1) is 22.0. The molecule has 0 aliphatic heterocycles. The molecule has 0 amide bonds. The molecule has 0 atom stereocenters. The van der Waals surface area contributed by atoms with E-state index in [1.54, 1.807) is 14.2 Å². The lowest BCUT2D eigenvalue weighted by Crippen LogP contribution is -1.92. The van der Waals surface area contributed by atoms with Crippen LogP contribution in [0.3, 0.4) is 0 Å². The van der Waals surface area contributed by atoms with Gasteiger partial charge in [0.15, 0.2) is 0 Å². The Labute approximate surface area is 148 Å². The third-order valence-electron chi connectivity index (χ3n) is 3.52. The highest BCUT2D eigenvalue weighted by Gasteiger charge is 2.04. The molecule has 134 valence electrons. The van der Waals surface area contributed by atoms with E-state index < -0.39 is 0 Å². The van der Waals surface area contributed by atoms with Gasteiger partial charge in [-0.3, -0.25) is 0 Å². The molecule has 24 heavy (non-hydrogen) atoms. The van der Waals surface area contributed by atoms with Crippen LogP contribution in [0.25, 0.3) is 0 Å². The van der Waals surface area contributed by atoms with E-state index in [0.29, 0.717) is 11.8 Å². The van der Waals surface area contributed by atoms with Crippen LogP contribution in [0.2, 0.25) is 0 Å². The van der Waals surface area contributed by atoms with Crippen molar-refractivity contribution in [1.29, 1.82) is 0 Å². The second-order valence-corrected chi connectivity index (χ2v) is 5.83. The van der Waals surface area contributed by atoms with Gasteiger partial charge in [0, 0.05) is 0 Å². The van der Waals surface area contributed by atoms with Crippen LogP contribution >= 0.6 is 0 Å². The fraction of sp³-hybridized carbons (Fsp3) is 0.455. The minimum atomic E-state index is 0.533. The number of para-hydroxylation sites is 1. The molecule has 2 rings (SSSR count). The Morgan fingerprint density at radius 1 is 0.708 bits per heavy atom. The van der Waals surface area contributed by atoms with Crippen molar-refractivity contribution in [3.63, 3.8) is 0 Å². The van der Waals surface area contributed by atoms with E-state index in [1.807, 2.05) is 44.2 Å². The van der Waals surface area contributed by atoms with Crippen molar-refractivity contribution in [1.82, 2.24) is 0 Å². The summed E-state index contributed by atoms with van der Waals surface area (Å²) in [5.74, 6) is 3.04. The van der Waals surface area contributed by atoms with Gasteiger partial charge in [-0.1, -0.05) is 71.9 Å². The highest BCUT2D eigenvalue weighted by molar-refractivity contribution is 5.35. The van der Waals surface area contributed by atoms with Crippen LogP contribution in [0.4, 0.5) is 0 Å². The molecule has 0 aromatic heterocycles. The maximum Gasteiger partial charge on any atom is 0.122 e. The monoisotopic (exact) mass is 330 g/mol. The lowest BCUT2D eigenvalue weighted by Gasteiger charge is -2.10. The summed E-state index contributed by atoms with van der Waals surface area (Å²) in [6.07, 6.45) is 0. The molecular weight excluding hydrogens is 296 g/mol. The SMILES string of the molecule is CC.COc1cccc(C(C)C)c1.COc1ccccc1C(C)C. The van der Waals surface area contributed by atoms with Crippen LogP contribution in [0.15, 0.2) is 48.5 Å². The first-order valence-corrected chi connectivity index (χ1v) is 8.76. The maximum atomic E-state index is 5.21. The van der Waals surface area contributed by atoms with Crippen molar-refractivity contribution in [3.05, 3.63) is 59.7 Å². The molecule has 0 aliphatic rings. The van der Waals surface area contributed by atoms with Gasteiger partial charge in [-0.25, -0.2) is 0 Å². The molecule has 2 aromatic carbocycles. The molecular formula is C22H34O2. The summed E-state index contributed by atoms with van der Waals surface area (Å²) in [7, 11) is 3.40. The summed E-state index contributed by atoms with van der Waals surface area (Å²) in [6, 6.07) is 16.3. The highest BCUT2D eigenvalue weighted by Crippen LogP contribution is 2.25. The van der Waals surface area contributed by atoms with Crippen molar-refractivity contribution in [2.75, 3.05) is 14.2 Å². The second-order valence-electron chi connectivity index (χ2n) is 5.83. The van der Waals surface area contributed by atoms with E-state index in [4.69, 9.17) is 9.47 Å². The number of ether oxygens (including phenoxy) is 2. The van der Waals surface area contributed by atoms with Gasteiger partial charge in [0.05, 0.1) is 14.2 Å². The predicted octanol–water partition coefficient (Wildman–Crippen LogP) is 6.66. The summed E-state index contributed by atoms with van der Waals surface area (Å²) in [4.78, 5) is 0. The van der Waals surface area contributed by atoms with Gasteiger partial charge in [0.25, 0.3) is 0 Å². The third kappa shape index (κ3) is 7.54. The molecule has 0 fully saturated rings. The van der Waals surface area contributed by atoms with Crippen molar-refractivity contribution >= 4 is 0 Å². The molecule has 0 bridgehead atoms. The standard InChI is InChI=1S/2C10H14O.C2H6/c1-8(2)9-5-4-6-10(7-9)11-3;1-8(2)9-6-4-5-7-10(9)11-3;1-2/h2*4-8H,1-3H3;1-2H3. The van der Waals surface area contributed by atoms with E-state index >= 15 is 0 Å². The van der Waals surface area contributed by atoms with Gasteiger partial charge in [0.1, 0.15) is 11.5 Å². The maximum absolute atomic E-state index is 5.21. The molecule has 0 saturated carbocycles. The molecule has 0 saturated heterocycles. The minimum absolute atomic E-state index is 0.533. The number of methoxy groups -OCH3 is 2.